The third-order valence-electron chi connectivity index (χ3n) is 6.19. The highest BCUT2D eigenvalue weighted by Gasteiger charge is 2.17. The first-order chi connectivity index (χ1) is 16.5. The Morgan fingerprint density at radius 3 is 2.56 bits per heavy atom. The van der Waals surface area contributed by atoms with Crippen molar-refractivity contribution >= 4 is 28.1 Å². The molecule has 0 radical (unpaired) electrons. The molecule has 7 heteroatoms. The second-order valence-electron chi connectivity index (χ2n) is 8.75. The van der Waals surface area contributed by atoms with E-state index >= 15 is 0 Å². The zero-order valence-corrected chi connectivity index (χ0v) is 19.1. The molecule has 2 aromatic heterocycles. The lowest BCUT2D eigenvalue weighted by molar-refractivity contribution is 0.263. The van der Waals surface area contributed by atoms with E-state index in [2.05, 4.69) is 45.2 Å². The van der Waals surface area contributed by atoms with Crippen LogP contribution in [0.4, 0.5) is 16.0 Å². The molecular formula is C27H27FN6. The van der Waals surface area contributed by atoms with Gasteiger partial charge in [-0.05, 0) is 68.2 Å². The number of likely N-dealkylation sites (tertiary alicyclic amines) is 1. The number of benzene rings is 2. The lowest BCUT2D eigenvalue weighted by Gasteiger charge is -2.29. The molecule has 1 fully saturated rings. The summed E-state index contributed by atoms with van der Waals surface area (Å²) in [7, 11) is 2.16. The molecule has 0 saturated carbocycles. The zero-order chi connectivity index (χ0) is 23.5. The van der Waals surface area contributed by atoms with Gasteiger partial charge in [0, 0.05) is 28.9 Å². The van der Waals surface area contributed by atoms with Gasteiger partial charge < -0.3 is 15.5 Å². The number of pyridine rings is 1. The predicted molar refractivity (Wildman–Crippen MR) is 136 cm³/mol. The van der Waals surface area contributed by atoms with Crippen molar-refractivity contribution in [1.82, 2.24) is 19.9 Å². The van der Waals surface area contributed by atoms with Crippen molar-refractivity contribution < 1.29 is 4.39 Å². The summed E-state index contributed by atoms with van der Waals surface area (Å²) in [5.41, 5.74) is 3.27. The molecule has 2 aromatic carbocycles. The number of nitrogens with one attached hydrogen (secondary N) is 2. The molecule has 1 aliphatic heterocycles. The number of hydrogen-bond acceptors (Lipinski definition) is 6. The fraction of sp³-hybridized carbons (Fsp3) is 0.222. The predicted octanol–water partition coefficient (Wildman–Crippen LogP) is 5.42. The van der Waals surface area contributed by atoms with Crippen LogP contribution in [0.3, 0.4) is 0 Å². The minimum absolute atomic E-state index is 0.276. The number of nitrogens with zero attached hydrogens (tertiary/aromatic N) is 4. The van der Waals surface area contributed by atoms with Crippen LogP contribution in [0, 0.1) is 5.82 Å². The molecule has 0 atom stereocenters. The maximum Gasteiger partial charge on any atom is 0.145 e. The molecule has 0 spiro atoms. The molecular weight excluding hydrogens is 427 g/mol. The normalized spacial score (nSPS) is 14.8. The Hall–Kier alpha value is -3.84. The fourth-order valence-electron chi connectivity index (χ4n) is 4.18. The van der Waals surface area contributed by atoms with Gasteiger partial charge in [0.25, 0.3) is 0 Å². The minimum atomic E-state index is -0.276. The molecule has 3 heterocycles. The molecule has 6 nitrogen and oxygen atoms in total. The van der Waals surface area contributed by atoms with Crippen molar-refractivity contribution in [2.45, 2.75) is 18.9 Å². The van der Waals surface area contributed by atoms with E-state index in [0.717, 1.165) is 59.3 Å². The maximum absolute atomic E-state index is 13.2. The summed E-state index contributed by atoms with van der Waals surface area (Å²) >= 11 is 0. The summed E-state index contributed by atoms with van der Waals surface area (Å²) in [5, 5.41) is 8.81. The van der Waals surface area contributed by atoms with Gasteiger partial charge in [0.15, 0.2) is 0 Å². The number of rotatable bonds is 6. The van der Waals surface area contributed by atoms with Gasteiger partial charge >= 0.3 is 0 Å². The topological polar surface area (TPSA) is 66.0 Å². The molecule has 0 bridgehead atoms. The number of aromatic nitrogens is 3. The van der Waals surface area contributed by atoms with E-state index in [1.807, 2.05) is 24.4 Å². The third-order valence-corrected chi connectivity index (χ3v) is 6.19. The largest absolute Gasteiger partial charge is 0.366 e. The van der Waals surface area contributed by atoms with Crippen LogP contribution >= 0.6 is 0 Å². The molecule has 1 aliphatic rings. The van der Waals surface area contributed by atoms with Crippen molar-refractivity contribution in [3.63, 3.8) is 0 Å². The Labute approximate surface area is 198 Å². The highest BCUT2D eigenvalue weighted by atomic mass is 19.1. The Morgan fingerprint density at radius 2 is 1.76 bits per heavy atom. The molecule has 4 aromatic rings. The third kappa shape index (κ3) is 5.05. The number of hydrogen-bond donors (Lipinski definition) is 2. The lowest BCUT2D eigenvalue weighted by Crippen LogP contribution is -2.36. The number of fused-ring (bicyclic) bond motifs is 1. The molecule has 2 N–H and O–H groups in total. The van der Waals surface area contributed by atoms with Crippen LogP contribution in [-0.2, 0) is 0 Å². The first kappa shape index (κ1) is 22.0. The summed E-state index contributed by atoms with van der Waals surface area (Å²) < 4.78 is 13.2. The summed E-state index contributed by atoms with van der Waals surface area (Å²) in [6.07, 6.45) is 7.60. The van der Waals surface area contributed by atoms with Crippen LogP contribution in [0.1, 0.15) is 18.4 Å². The Balaban J connectivity index is 1.35. The van der Waals surface area contributed by atoms with E-state index < -0.39 is 0 Å². The van der Waals surface area contributed by atoms with E-state index in [1.165, 1.54) is 12.1 Å². The first-order valence-corrected chi connectivity index (χ1v) is 11.4. The summed E-state index contributed by atoms with van der Waals surface area (Å²) in [4.78, 5) is 16.1. The SMILES string of the molecule is C=C(Nc1cc2cc(-c3cncc(NC4CCN(C)CC4)n3)ccc2cn1)c1ccc(F)cc1. The van der Waals surface area contributed by atoms with E-state index in [0.29, 0.717) is 17.6 Å². The van der Waals surface area contributed by atoms with Gasteiger partial charge in [0.1, 0.15) is 17.5 Å². The summed E-state index contributed by atoms with van der Waals surface area (Å²) in [6, 6.07) is 14.8. The molecule has 5 rings (SSSR count). The van der Waals surface area contributed by atoms with Gasteiger partial charge in [-0.15, -0.1) is 0 Å². The van der Waals surface area contributed by atoms with E-state index in [1.54, 1.807) is 24.5 Å². The molecule has 172 valence electrons. The minimum Gasteiger partial charge on any atom is -0.366 e. The number of halogens is 1. The molecule has 0 amide bonds. The standard InChI is InChI=1S/C27H27FN6/c1-18(19-5-7-23(28)8-6-19)31-26-14-22-13-20(3-4-21(22)15-30-26)25-16-29-17-27(33-25)32-24-9-11-34(2)12-10-24/h3-8,13-17,24H,1,9-12H2,2H3,(H,30,31)(H,32,33). The van der Waals surface area contributed by atoms with Crippen LogP contribution in [0.2, 0.25) is 0 Å². The zero-order valence-electron chi connectivity index (χ0n) is 19.1. The Kier molecular flexibility index (Phi) is 6.18. The average Bonchev–Trinajstić information content (AvgIpc) is 2.85. The maximum atomic E-state index is 13.2. The van der Waals surface area contributed by atoms with Crippen molar-refractivity contribution in [2.24, 2.45) is 0 Å². The van der Waals surface area contributed by atoms with E-state index in [4.69, 9.17) is 4.98 Å². The van der Waals surface area contributed by atoms with Crippen molar-refractivity contribution in [1.29, 1.82) is 0 Å². The average molecular weight is 455 g/mol. The molecule has 1 saturated heterocycles. The van der Waals surface area contributed by atoms with Crippen LogP contribution in [0.5, 0.6) is 0 Å². The van der Waals surface area contributed by atoms with Crippen molar-refractivity contribution in [3.8, 4) is 11.3 Å². The van der Waals surface area contributed by atoms with Crippen molar-refractivity contribution in [2.75, 3.05) is 30.8 Å². The number of anilines is 2. The fourth-order valence-corrected chi connectivity index (χ4v) is 4.18. The molecule has 0 unspecified atom stereocenters. The van der Waals surface area contributed by atoms with Crippen LogP contribution in [0.25, 0.3) is 27.7 Å². The second-order valence-corrected chi connectivity index (χ2v) is 8.75. The lowest BCUT2D eigenvalue weighted by atomic mass is 10.1. The Morgan fingerprint density at radius 1 is 0.971 bits per heavy atom. The smallest absolute Gasteiger partial charge is 0.145 e. The van der Waals surface area contributed by atoms with Gasteiger partial charge in [0.05, 0.1) is 18.1 Å². The van der Waals surface area contributed by atoms with Crippen molar-refractivity contribution in [3.05, 3.63) is 85.1 Å². The Bertz CT molecular complexity index is 1310. The summed E-state index contributed by atoms with van der Waals surface area (Å²) in [5.74, 6) is 1.20. The number of piperidine rings is 1. The highest BCUT2D eigenvalue weighted by molar-refractivity contribution is 5.89. The first-order valence-electron chi connectivity index (χ1n) is 11.4. The highest BCUT2D eigenvalue weighted by Crippen LogP contribution is 2.26. The van der Waals surface area contributed by atoms with Gasteiger partial charge in [-0.1, -0.05) is 30.8 Å². The monoisotopic (exact) mass is 454 g/mol. The summed E-state index contributed by atoms with van der Waals surface area (Å²) in [6.45, 7) is 6.24. The van der Waals surface area contributed by atoms with Crippen LogP contribution in [0.15, 0.2) is 73.7 Å². The molecule has 34 heavy (non-hydrogen) atoms. The quantitative estimate of drug-likeness (QED) is 0.406. The van der Waals surface area contributed by atoms with E-state index in [-0.39, 0.29) is 5.82 Å². The van der Waals surface area contributed by atoms with Gasteiger partial charge in [-0.2, -0.15) is 0 Å². The second kappa shape index (κ2) is 9.57. The van der Waals surface area contributed by atoms with E-state index in [9.17, 15) is 4.39 Å². The van der Waals surface area contributed by atoms with Crippen LogP contribution < -0.4 is 10.6 Å². The van der Waals surface area contributed by atoms with Gasteiger partial charge in [-0.25, -0.2) is 14.4 Å². The van der Waals surface area contributed by atoms with Crippen LogP contribution in [-0.4, -0.2) is 46.0 Å². The molecule has 0 aliphatic carbocycles. The van der Waals surface area contributed by atoms with Gasteiger partial charge in [-0.3, -0.25) is 4.98 Å². The van der Waals surface area contributed by atoms with Gasteiger partial charge in [0.2, 0.25) is 0 Å².